The second-order valence-electron chi connectivity index (χ2n) is 6.57. The molecular weight excluding hydrogens is 372 g/mol. The van der Waals surface area contributed by atoms with Gasteiger partial charge in [-0.15, -0.1) is 0 Å². The Balaban J connectivity index is 1.56. The molecule has 0 aliphatic carbocycles. The summed E-state index contributed by atoms with van der Waals surface area (Å²) in [6.07, 6.45) is 4.22. The van der Waals surface area contributed by atoms with E-state index in [2.05, 4.69) is 10.3 Å². The summed E-state index contributed by atoms with van der Waals surface area (Å²) in [6, 6.07) is 10.7. The normalized spacial score (nSPS) is 11.3. The lowest BCUT2D eigenvalue weighted by molar-refractivity contribution is 0.0915. The van der Waals surface area contributed by atoms with E-state index in [1.165, 1.54) is 0 Å². The first-order valence-electron chi connectivity index (χ1n) is 9.58. The SMILES string of the molecule is CCOCCCNC(=O)c1ccc(Cn2c(=O)c3cccn3c3cccnc32)o1. The van der Waals surface area contributed by atoms with Crippen LogP contribution in [0.15, 0.2) is 58.0 Å². The molecule has 29 heavy (non-hydrogen) atoms. The molecule has 150 valence electrons. The van der Waals surface area contributed by atoms with Gasteiger partial charge < -0.3 is 18.9 Å². The average molecular weight is 394 g/mol. The van der Waals surface area contributed by atoms with E-state index in [-0.39, 0.29) is 23.8 Å². The second-order valence-corrected chi connectivity index (χ2v) is 6.57. The summed E-state index contributed by atoms with van der Waals surface area (Å²) in [7, 11) is 0. The zero-order valence-electron chi connectivity index (χ0n) is 16.1. The van der Waals surface area contributed by atoms with Crippen molar-refractivity contribution in [1.82, 2.24) is 19.3 Å². The van der Waals surface area contributed by atoms with E-state index >= 15 is 0 Å². The van der Waals surface area contributed by atoms with E-state index < -0.39 is 0 Å². The molecule has 0 saturated heterocycles. The highest BCUT2D eigenvalue weighted by Crippen LogP contribution is 2.15. The molecule has 0 unspecified atom stereocenters. The van der Waals surface area contributed by atoms with Crippen molar-refractivity contribution >= 4 is 22.6 Å². The molecule has 1 amide bonds. The molecular formula is C21H22N4O4. The summed E-state index contributed by atoms with van der Waals surface area (Å²) in [5.74, 6) is 0.435. The predicted molar refractivity (Wildman–Crippen MR) is 108 cm³/mol. The maximum Gasteiger partial charge on any atom is 0.286 e. The summed E-state index contributed by atoms with van der Waals surface area (Å²) in [5, 5.41) is 2.80. The van der Waals surface area contributed by atoms with Crippen molar-refractivity contribution in [2.75, 3.05) is 19.8 Å². The summed E-state index contributed by atoms with van der Waals surface area (Å²) < 4.78 is 14.3. The van der Waals surface area contributed by atoms with Crippen LogP contribution < -0.4 is 10.9 Å². The van der Waals surface area contributed by atoms with Crippen LogP contribution in [0, 0.1) is 0 Å². The van der Waals surface area contributed by atoms with Gasteiger partial charge in [0.05, 0.1) is 12.1 Å². The Morgan fingerprint density at radius 3 is 2.93 bits per heavy atom. The molecule has 0 aliphatic rings. The fourth-order valence-corrected chi connectivity index (χ4v) is 3.28. The third-order valence-electron chi connectivity index (χ3n) is 4.65. The maximum atomic E-state index is 12.9. The smallest absolute Gasteiger partial charge is 0.286 e. The Bertz CT molecular complexity index is 1200. The van der Waals surface area contributed by atoms with Crippen LogP contribution in [0.1, 0.15) is 29.7 Å². The number of hydrogen-bond acceptors (Lipinski definition) is 5. The van der Waals surface area contributed by atoms with Crippen LogP contribution in [0.3, 0.4) is 0 Å². The summed E-state index contributed by atoms with van der Waals surface area (Å²) in [5.41, 5.74) is 1.77. The van der Waals surface area contributed by atoms with Crippen molar-refractivity contribution in [2.24, 2.45) is 0 Å². The van der Waals surface area contributed by atoms with Gasteiger partial charge in [0.25, 0.3) is 11.5 Å². The van der Waals surface area contributed by atoms with Gasteiger partial charge in [-0.2, -0.15) is 0 Å². The highest BCUT2D eigenvalue weighted by Gasteiger charge is 2.15. The van der Waals surface area contributed by atoms with Gasteiger partial charge in [0.2, 0.25) is 0 Å². The van der Waals surface area contributed by atoms with E-state index in [1.54, 1.807) is 29.0 Å². The van der Waals surface area contributed by atoms with Crippen molar-refractivity contribution in [3.8, 4) is 0 Å². The highest BCUT2D eigenvalue weighted by molar-refractivity contribution is 5.91. The fraction of sp³-hybridized carbons (Fsp3) is 0.286. The van der Waals surface area contributed by atoms with Gasteiger partial charge in [-0.1, -0.05) is 0 Å². The lowest BCUT2D eigenvalue weighted by atomic mass is 10.3. The van der Waals surface area contributed by atoms with Gasteiger partial charge in [0, 0.05) is 32.2 Å². The molecule has 0 aromatic carbocycles. The van der Waals surface area contributed by atoms with E-state index in [4.69, 9.17) is 9.15 Å². The van der Waals surface area contributed by atoms with Crippen LogP contribution in [-0.2, 0) is 11.3 Å². The molecule has 4 aromatic rings. The van der Waals surface area contributed by atoms with Crippen molar-refractivity contribution in [1.29, 1.82) is 0 Å². The summed E-state index contributed by atoms with van der Waals surface area (Å²) in [4.78, 5) is 29.6. The minimum Gasteiger partial charge on any atom is -0.454 e. The molecule has 0 fully saturated rings. The van der Waals surface area contributed by atoms with Crippen molar-refractivity contribution < 1.29 is 13.9 Å². The molecule has 0 bridgehead atoms. The van der Waals surface area contributed by atoms with Gasteiger partial charge in [-0.25, -0.2) is 4.98 Å². The summed E-state index contributed by atoms with van der Waals surface area (Å²) >= 11 is 0. The van der Waals surface area contributed by atoms with Crippen LogP contribution in [0.2, 0.25) is 0 Å². The van der Waals surface area contributed by atoms with Crippen LogP contribution in [0.5, 0.6) is 0 Å². The molecule has 8 nitrogen and oxygen atoms in total. The Kier molecular flexibility index (Phi) is 5.44. The van der Waals surface area contributed by atoms with Crippen LogP contribution in [0.4, 0.5) is 0 Å². The molecule has 8 heteroatoms. The van der Waals surface area contributed by atoms with Gasteiger partial charge in [-0.05, 0) is 49.7 Å². The minimum absolute atomic E-state index is 0.167. The Morgan fingerprint density at radius 2 is 2.07 bits per heavy atom. The van der Waals surface area contributed by atoms with Crippen molar-refractivity contribution in [3.63, 3.8) is 0 Å². The number of fused-ring (bicyclic) bond motifs is 3. The zero-order valence-corrected chi connectivity index (χ0v) is 16.1. The van der Waals surface area contributed by atoms with E-state index in [1.807, 2.05) is 35.7 Å². The molecule has 0 atom stereocenters. The first kappa shape index (κ1) is 18.9. The maximum absolute atomic E-state index is 12.9. The standard InChI is InChI=1S/C21H22N4O4/c1-2-28-13-5-11-23-20(26)18-9-8-15(29-18)14-25-19-16(6-3-10-22-19)24-12-4-7-17(24)21(25)27/h3-4,6-10,12H,2,5,11,13-14H2,1H3,(H,23,26). The molecule has 4 heterocycles. The third-order valence-corrected chi connectivity index (χ3v) is 4.65. The number of carbonyl (C=O) groups excluding carboxylic acids is 1. The Morgan fingerprint density at radius 1 is 1.21 bits per heavy atom. The molecule has 0 spiro atoms. The molecule has 1 N–H and O–H groups in total. The molecule has 4 rings (SSSR count). The number of nitrogens with one attached hydrogen (secondary N) is 1. The van der Waals surface area contributed by atoms with Gasteiger partial charge >= 0.3 is 0 Å². The van der Waals surface area contributed by atoms with Crippen LogP contribution >= 0.6 is 0 Å². The van der Waals surface area contributed by atoms with Crippen molar-refractivity contribution in [3.05, 3.63) is 70.7 Å². The van der Waals surface area contributed by atoms with Gasteiger partial charge in [0.15, 0.2) is 11.4 Å². The number of rotatable bonds is 8. The number of amides is 1. The number of carbonyl (C=O) groups is 1. The van der Waals surface area contributed by atoms with Crippen LogP contribution in [0.25, 0.3) is 16.7 Å². The van der Waals surface area contributed by atoms with Crippen molar-refractivity contribution in [2.45, 2.75) is 19.9 Å². The first-order valence-corrected chi connectivity index (χ1v) is 9.58. The number of furan rings is 1. The molecule has 0 radical (unpaired) electrons. The number of ether oxygens (including phenoxy) is 1. The first-order chi connectivity index (χ1) is 14.2. The number of hydrogen-bond donors (Lipinski definition) is 1. The van der Waals surface area contributed by atoms with Crippen LogP contribution in [-0.4, -0.2) is 39.6 Å². The molecule has 4 aromatic heterocycles. The van der Waals surface area contributed by atoms with Gasteiger partial charge in [0.1, 0.15) is 11.3 Å². The zero-order chi connectivity index (χ0) is 20.2. The number of aromatic nitrogens is 3. The molecule has 0 saturated carbocycles. The predicted octanol–water partition coefficient (Wildman–Crippen LogP) is 2.45. The lowest BCUT2D eigenvalue weighted by Gasteiger charge is -2.10. The Hall–Kier alpha value is -3.39. The largest absolute Gasteiger partial charge is 0.454 e. The topological polar surface area (TPSA) is 90.8 Å². The van der Waals surface area contributed by atoms with E-state index in [0.717, 1.165) is 11.9 Å². The second kappa shape index (κ2) is 8.32. The highest BCUT2D eigenvalue weighted by atomic mass is 16.5. The minimum atomic E-state index is -0.287. The summed E-state index contributed by atoms with van der Waals surface area (Å²) in [6.45, 7) is 3.89. The average Bonchev–Trinajstić information content (AvgIpc) is 3.41. The monoisotopic (exact) mass is 394 g/mol. The number of nitrogens with zero attached hydrogens (tertiary/aromatic N) is 3. The fourth-order valence-electron chi connectivity index (χ4n) is 3.28. The van der Waals surface area contributed by atoms with E-state index in [0.29, 0.717) is 36.7 Å². The Labute approximate surface area is 166 Å². The van der Waals surface area contributed by atoms with E-state index in [9.17, 15) is 9.59 Å². The lowest BCUT2D eigenvalue weighted by Crippen LogP contribution is -2.25. The third kappa shape index (κ3) is 3.79. The number of pyridine rings is 1. The molecule has 0 aliphatic heterocycles. The van der Waals surface area contributed by atoms with Gasteiger partial charge in [-0.3, -0.25) is 14.2 Å². The quantitative estimate of drug-likeness (QED) is 0.464.